The van der Waals surface area contributed by atoms with Crippen LogP contribution in [0.4, 0.5) is 0 Å². The van der Waals surface area contributed by atoms with Gasteiger partial charge in [0.2, 0.25) is 0 Å². The Kier molecular flexibility index (Phi) is 7.77. The van der Waals surface area contributed by atoms with Crippen molar-refractivity contribution >= 4 is 0 Å². The average Bonchev–Trinajstić information content (AvgIpc) is 1.89. The van der Waals surface area contributed by atoms with Gasteiger partial charge in [0, 0.05) is 14.2 Å². The maximum Gasteiger partial charge on any atom is 0.109 e. The van der Waals surface area contributed by atoms with Crippen molar-refractivity contribution in [3.8, 4) is 0 Å². The van der Waals surface area contributed by atoms with Gasteiger partial charge < -0.3 is 14.2 Å². The molecule has 0 N–H and O–H groups in total. The molecule has 0 fully saturated rings. The first-order valence-electron chi connectivity index (χ1n) is 2.83. The fraction of sp³-hybridized carbons (Fsp3) is 0.833. The molecule has 0 amide bonds. The lowest BCUT2D eigenvalue weighted by molar-refractivity contribution is 0.0609. The summed E-state index contributed by atoms with van der Waals surface area (Å²) in [4.78, 5) is 0. The molecule has 0 heterocycles. The van der Waals surface area contributed by atoms with E-state index in [0.29, 0.717) is 19.8 Å². The second-order valence-corrected chi connectivity index (χ2v) is 1.47. The molecule has 1 radical (unpaired) electrons. The molecule has 0 aliphatic heterocycles. The summed E-state index contributed by atoms with van der Waals surface area (Å²) in [5.74, 6) is 0. The first-order valence-corrected chi connectivity index (χ1v) is 2.83. The predicted octanol–water partition coefficient (Wildman–Crippen LogP) is 0.458. The molecule has 0 aromatic rings. The van der Waals surface area contributed by atoms with E-state index in [0.717, 1.165) is 0 Å². The molecular formula is C6H13O3. The van der Waals surface area contributed by atoms with Crippen LogP contribution in [0.15, 0.2) is 0 Å². The van der Waals surface area contributed by atoms with E-state index in [2.05, 4.69) is 4.74 Å². The fourth-order valence-corrected chi connectivity index (χ4v) is 0.342. The van der Waals surface area contributed by atoms with Gasteiger partial charge in [0.25, 0.3) is 0 Å². The van der Waals surface area contributed by atoms with Crippen molar-refractivity contribution < 1.29 is 14.2 Å². The Bertz CT molecular complexity index is 41.6. The van der Waals surface area contributed by atoms with Crippen LogP contribution in [0.25, 0.3) is 0 Å². The normalized spacial score (nSPS) is 10.0. The lowest BCUT2D eigenvalue weighted by atomic mass is 10.7. The van der Waals surface area contributed by atoms with Crippen LogP contribution in [0.3, 0.4) is 0 Å². The minimum absolute atomic E-state index is 0.528. The summed E-state index contributed by atoms with van der Waals surface area (Å²) in [5.41, 5.74) is 0. The summed E-state index contributed by atoms with van der Waals surface area (Å²) < 4.78 is 14.4. The molecule has 55 valence electrons. The van der Waals surface area contributed by atoms with Crippen LogP contribution < -0.4 is 0 Å². The zero-order valence-corrected chi connectivity index (χ0v) is 5.92. The molecule has 0 aromatic heterocycles. The molecule has 0 spiro atoms. The minimum Gasteiger partial charge on any atom is -0.382 e. The maximum absolute atomic E-state index is 5.01. The van der Waals surface area contributed by atoms with Gasteiger partial charge in [0.1, 0.15) is 6.61 Å². The standard InChI is InChI=1S/C6H13O3/c1-7-3-5-9-6-4-8-2/h3H,4-6H2,1-2H3. The molecule has 9 heavy (non-hydrogen) atoms. The van der Waals surface area contributed by atoms with Gasteiger partial charge in [-0.1, -0.05) is 0 Å². The van der Waals surface area contributed by atoms with Crippen LogP contribution in [0.5, 0.6) is 0 Å². The topological polar surface area (TPSA) is 27.7 Å². The van der Waals surface area contributed by atoms with Crippen molar-refractivity contribution in [1.29, 1.82) is 0 Å². The smallest absolute Gasteiger partial charge is 0.109 e. The van der Waals surface area contributed by atoms with Gasteiger partial charge in [-0.2, -0.15) is 0 Å². The van der Waals surface area contributed by atoms with E-state index in [1.165, 1.54) is 0 Å². The lowest BCUT2D eigenvalue weighted by Crippen LogP contribution is -2.03. The summed E-state index contributed by atoms with van der Waals surface area (Å²) in [6.07, 6.45) is 0. The Hall–Kier alpha value is -0.120. The van der Waals surface area contributed by atoms with Crippen LogP contribution in [0, 0.1) is 6.61 Å². The van der Waals surface area contributed by atoms with Crippen molar-refractivity contribution in [3.05, 3.63) is 6.61 Å². The zero-order chi connectivity index (χ0) is 6.95. The molecule has 0 aliphatic carbocycles. The monoisotopic (exact) mass is 133 g/mol. The maximum atomic E-state index is 5.01. The number of ether oxygens (including phenoxy) is 3. The molecule has 3 heteroatoms. The average molecular weight is 133 g/mol. The van der Waals surface area contributed by atoms with Gasteiger partial charge in [-0.05, 0) is 0 Å². The largest absolute Gasteiger partial charge is 0.382 e. The first kappa shape index (κ1) is 8.88. The molecular weight excluding hydrogens is 120 g/mol. The van der Waals surface area contributed by atoms with E-state index >= 15 is 0 Å². The van der Waals surface area contributed by atoms with Crippen LogP contribution in [0.1, 0.15) is 0 Å². The Morgan fingerprint density at radius 2 is 2.00 bits per heavy atom. The van der Waals surface area contributed by atoms with Crippen LogP contribution in [0.2, 0.25) is 0 Å². The number of methoxy groups -OCH3 is 2. The highest BCUT2D eigenvalue weighted by Crippen LogP contribution is 1.80. The number of hydrogen-bond donors (Lipinski definition) is 0. The van der Waals surface area contributed by atoms with Crippen molar-refractivity contribution in [3.63, 3.8) is 0 Å². The highest BCUT2D eigenvalue weighted by molar-refractivity contribution is 4.43. The van der Waals surface area contributed by atoms with E-state index in [1.54, 1.807) is 20.8 Å². The Balaban J connectivity index is 2.60. The number of rotatable bonds is 6. The summed E-state index contributed by atoms with van der Waals surface area (Å²) in [6, 6.07) is 0. The third-order valence-corrected chi connectivity index (χ3v) is 0.784. The van der Waals surface area contributed by atoms with E-state index < -0.39 is 0 Å². The van der Waals surface area contributed by atoms with Gasteiger partial charge in [0.05, 0.1) is 19.8 Å². The Morgan fingerprint density at radius 1 is 1.22 bits per heavy atom. The molecule has 0 bridgehead atoms. The number of hydrogen-bond acceptors (Lipinski definition) is 3. The van der Waals surface area contributed by atoms with Crippen molar-refractivity contribution in [1.82, 2.24) is 0 Å². The lowest BCUT2D eigenvalue weighted by Gasteiger charge is -2.00. The van der Waals surface area contributed by atoms with Crippen molar-refractivity contribution in [2.45, 2.75) is 0 Å². The molecule has 3 nitrogen and oxygen atoms in total. The molecule has 0 rings (SSSR count). The van der Waals surface area contributed by atoms with Gasteiger partial charge in [-0.3, -0.25) is 0 Å². The molecule has 0 atom stereocenters. The van der Waals surface area contributed by atoms with Crippen LogP contribution in [-0.4, -0.2) is 34.0 Å². The first-order chi connectivity index (χ1) is 4.41. The van der Waals surface area contributed by atoms with E-state index in [1.807, 2.05) is 0 Å². The van der Waals surface area contributed by atoms with Gasteiger partial charge >= 0.3 is 0 Å². The highest BCUT2D eigenvalue weighted by Gasteiger charge is 1.85. The SMILES string of the molecule is CO[CH]COCCOC. The molecule has 0 unspecified atom stereocenters. The van der Waals surface area contributed by atoms with E-state index in [-0.39, 0.29) is 0 Å². The third-order valence-electron chi connectivity index (χ3n) is 0.784. The third kappa shape index (κ3) is 7.88. The molecule has 0 aromatic carbocycles. The summed E-state index contributed by atoms with van der Waals surface area (Å²) in [6.45, 7) is 3.38. The van der Waals surface area contributed by atoms with Crippen molar-refractivity contribution in [2.75, 3.05) is 34.0 Å². The quantitative estimate of drug-likeness (QED) is 0.492. The van der Waals surface area contributed by atoms with Gasteiger partial charge in [-0.15, -0.1) is 0 Å². The van der Waals surface area contributed by atoms with E-state index in [4.69, 9.17) is 9.47 Å². The molecule has 0 saturated heterocycles. The summed E-state index contributed by atoms with van der Waals surface area (Å²) in [5, 5.41) is 0. The van der Waals surface area contributed by atoms with Crippen LogP contribution >= 0.6 is 0 Å². The second kappa shape index (κ2) is 7.88. The van der Waals surface area contributed by atoms with Crippen molar-refractivity contribution in [2.24, 2.45) is 0 Å². The Labute approximate surface area is 55.9 Å². The van der Waals surface area contributed by atoms with Gasteiger partial charge in [0.15, 0.2) is 0 Å². The summed E-state index contributed by atoms with van der Waals surface area (Å²) in [7, 11) is 3.24. The van der Waals surface area contributed by atoms with Crippen LogP contribution in [-0.2, 0) is 14.2 Å². The second-order valence-electron chi connectivity index (χ2n) is 1.47. The molecule has 0 saturated carbocycles. The summed E-state index contributed by atoms with van der Waals surface area (Å²) >= 11 is 0. The zero-order valence-electron chi connectivity index (χ0n) is 5.92. The molecule has 0 aliphatic rings. The minimum atomic E-state index is 0.528. The highest BCUT2D eigenvalue weighted by atomic mass is 16.5. The van der Waals surface area contributed by atoms with Gasteiger partial charge in [-0.25, -0.2) is 0 Å². The predicted molar refractivity (Wildman–Crippen MR) is 34.0 cm³/mol. The Morgan fingerprint density at radius 3 is 2.56 bits per heavy atom. The van der Waals surface area contributed by atoms with E-state index in [9.17, 15) is 0 Å². The fourth-order valence-electron chi connectivity index (χ4n) is 0.342.